The first-order valence-electron chi connectivity index (χ1n) is 22.4. The van der Waals surface area contributed by atoms with Crippen LogP contribution in [0.25, 0.3) is 0 Å². The topological polar surface area (TPSA) is 229 Å². The average Bonchev–Trinajstić information content (AvgIpc) is 3.38. The van der Waals surface area contributed by atoms with Crippen LogP contribution in [-0.2, 0) is 38.1 Å². The minimum absolute atomic E-state index is 0.0752. The maximum absolute atomic E-state index is 13.5. The van der Waals surface area contributed by atoms with Gasteiger partial charge in [-0.2, -0.15) is 0 Å². The third-order valence-corrected chi connectivity index (χ3v) is 10.3. The molecule has 0 radical (unpaired) electrons. The van der Waals surface area contributed by atoms with Crippen LogP contribution < -0.4 is 28.4 Å². The number of hydrogen-bond donors (Lipinski definition) is 0. The molecule has 0 amide bonds. The van der Waals surface area contributed by atoms with Gasteiger partial charge < -0.3 is 47.4 Å². The Bertz CT molecular complexity index is 2510. The first-order valence-corrected chi connectivity index (χ1v) is 22.4. The summed E-state index contributed by atoms with van der Waals surface area (Å²) in [6, 6.07) is 19.6. The van der Waals surface area contributed by atoms with Crippen LogP contribution in [0, 0.1) is 11.8 Å². The minimum Gasteiger partial charge on any atom is -0.490 e. The van der Waals surface area contributed by atoms with Gasteiger partial charge in [-0.3, -0.25) is 9.59 Å². The fourth-order valence-electron chi connectivity index (χ4n) is 6.55. The molecule has 0 bridgehead atoms. The Morgan fingerprint density at radius 1 is 0.458 bits per heavy atom. The van der Waals surface area contributed by atoms with Gasteiger partial charge in [0, 0.05) is 11.1 Å². The maximum Gasteiger partial charge on any atom is 0.343 e. The van der Waals surface area contributed by atoms with E-state index in [1.54, 1.807) is 36.4 Å². The number of rotatable bonds is 24. The van der Waals surface area contributed by atoms with E-state index in [1.165, 1.54) is 74.5 Å². The number of ether oxygens (including phenoxy) is 10. The van der Waals surface area contributed by atoms with Crippen molar-refractivity contribution in [1.82, 2.24) is 0 Å². The molecule has 18 heteroatoms. The molecule has 1 aliphatic rings. The van der Waals surface area contributed by atoms with E-state index < -0.39 is 59.6 Å². The highest BCUT2D eigenvalue weighted by Gasteiger charge is 2.33. The summed E-state index contributed by atoms with van der Waals surface area (Å²) in [4.78, 5) is 103. The van der Waals surface area contributed by atoms with Crippen LogP contribution in [0.3, 0.4) is 0 Å². The van der Waals surface area contributed by atoms with Crippen LogP contribution in [0.1, 0.15) is 81.0 Å². The van der Waals surface area contributed by atoms with Gasteiger partial charge in [0.15, 0.2) is 0 Å². The second kappa shape index (κ2) is 26.8. The molecule has 0 N–H and O–H groups in total. The van der Waals surface area contributed by atoms with Crippen LogP contribution in [0.2, 0.25) is 0 Å². The molecule has 18 nitrogen and oxygen atoms in total. The quantitative estimate of drug-likeness (QED) is 0.0161. The molecule has 72 heavy (non-hydrogen) atoms. The summed E-state index contributed by atoms with van der Waals surface area (Å²) in [6.07, 6.45) is 3.99. The van der Waals surface area contributed by atoms with Gasteiger partial charge in [-0.25, -0.2) is 28.8 Å². The summed E-state index contributed by atoms with van der Waals surface area (Å²) in [5, 5.41) is 0. The van der Waals surface area contributed by atoms with Crippen LogP contribution >= 0.6 is 0 Å². The van der Waals surface area contributed by atoms with E-state index in [-0.39, 0.29) is 122 Å². The Morgan fingerprint density at radius 2 is 0.792 bits per heavy atom. The fourth-order valence-corrected chi connectivity index (χ4v) is 6.55. The minimum atomic E-state index is -0.979. The van der Waals surface area contributed by atoms with Crippen LogP contribution in [0.4, 0.5) is 0 Å². The molecular weight excluding hydrogens is 937 g/mol. The first kappa shape index (κ1) is 54.1. The molecule has 0 aliphatic heterocycles. The molecule has 4 aromatic rings. The Balaban J connectivity index is 1.23. The Morgan fingerprint density at radius 3 is 1.12 bits per heavy atom. The highest BCUT2D eigenvalue weighted by molar-refractivity contribution is 5.98. The molecule has 0 saturated heterocycles. The van der Waals surface area contributed by atoms with E-state index in [0.717, 1.165) is 0 Å². The number of carbonyl (C=O) groups excluding carboxylic acids is 8. The van der Waals surface area contributed by atoms with Gasteiger partial charge >= 0.3 is 47.8 Å². The van der Waals surface area contributed by atoms with E-state index in [2.05, 4.69) is 26.3 Å². The average molecular weight is 989 g/mol. The molecule has 0 atom stereocenters. The molecule has 1 fully saturated rings. The fraction of sp³-hybridized carbons (Fsp3) is 0.259. The van der Waals surface area contributed by atoms with Crippen molar-refractivity contribution in [1.29, 1.82) is 0 Å². The molecule has 0 aromatic heterocycles. The largest absolute Gasteiger partial charge is 0.490 e. The van der Waals surface area contributed by atoms with E-state index in [0.29, 0.717) is 11.5 Å². The predicted molar refractivity (Wildman–Crippen MR) is 256 cm³/mol. The number of esters is 8. The molecule has 1 aliphatic carbocycles. The molecule has 1 saturated carbocycles. The second-order valence-corrected chi connectivity index (χ2v) is 15.8. The van der Waals surface area contributed by atoms with Crippen LogP contribution in [-0.4, -0.2) is 87.4 Å². The van der Waals surface area contributed by atoms with Crippen molar-refractivity contribution >= 4 is 47.8 Å². The van der Waals surface area contributed by atoms with E-state index in [9.17, 15) is 38.4 Å². The highest BCUT2D eigenvalue weighted by Crippen LogP contribution is 2.34. The molecule has 4 aromatic carbocycles. The molecule has 0 unspecified atom stereocenters. The lowest BCUT2D eigenvalue weighted by atomic mass is 9.82. The maximum atomic E-state index is 13.5. The Labute approximate surface area is 414 Å². The second-order valence-electron chi connectivity index (χ2n) is 15.8. The normalized spacial score (nSPS) is 13.6. The molecule has 0 spiro atoms. The van der Waals surface area contributed by atoms with E-state index >= 15 is 0 Å². The van der Waals surface area contributed by atoms with Crippen molar-refractivity contribution in [3.05, 3.63) is 157 Å². The first-order chi connectivity index (χ1) is 34.6. The van der Waals surface area contributed by atoms with Gasteiger partial charge in [0.2, 0.25) is 0 Å². The van der Waals surface area contributed by atoms with Gasteiger partial charge in [0.25, 0.3) is 0 Å². The van der Waals surface area contributed by atoms with Crippen LogP contribution in [0.15, 0.2) is 135 Å². The zero-order chi connectivity index (χ0) is 52.2. The van der Waals surface area contributed by atoms with E-state index in [4.69, 9.17) is 47.4 Å². The van der Waals surface area contributed by atoms with Gasteiger partial charge in [-0.1, -0.05) is 38.5 Å². The molecule has 5 rings (SSSR count). The predicted octanol–water partition coefficient (Wildman–Crippen LogP) is 8.12. The summed E-state index contributed by atoms with van der Waals surface area (Å²) < 4.78 is 53.9. The summed E-state index contributed by atoms with van der Waals surface area (Å²) in [6.45, 7) is 16.3. The van der Waals surface area contributed by atoms with Gasteiger partial charge in [-0.15, -0.1) is 0 Å². The monoisotopic (exact) mass is 988 g/mol. The number of hydrogen-bond acceptors (Lipinski definition) is 18. The number of benzene rings is 4. The SMILES string of the molecule is C=CCOc1ccc(C(=O)Oc2ccc(OC(=O)C3CCC(C(=O)Oc4ccc(OC(=O)c5ccc(OCC=C)cc5)c(C(=O)OCCOC(=O)C(=C)C)c4)CC3)cc2C(=O)OCCOC(=O)C(=C)C)cc1. The van der Waals surface area contributed by atoms with Gasteiger partial charge in [0.1, 0.15) is 85.3 Å². The van der Waals surface area contributed by atoms with Gasteiger partial charge in [-0.05, 0) is 124 Å². The smallest absolute Gasteiger partial charge is 0.343 e. The third kappa shape index (κ3) is 16.1. The van der Waals surface area contributed by atoms with Crippen molar-refractivity contribution in [2.75, 3.05) is 39.6 Å². The van der Waals surface area contributed by atoms with Crippen molar-refractivity contribution in [3.8, 4) is 34.5 Å². The summed E-state index contributed by atoms with van der Waals surface area (Å²) in [7, 11) is 0. The van der Waals surface area contributed by atoms with Crippen molar-refractivity contribution in [2.45, 2.75) is 39.5 Å². The summed E-state index contributed by atoms with van der Waals surface area (Å²) in [5.41, 5.74) is 0.0107. The number of carbonyl (C=O) groups is 8. The zero-order valence-corrected chi connectivity index (χ0v) is 39.6. The van der Waals surface area contributed by atoms with Gasteiger partial charge in [0.05, 0.1) is 23.0 Å². The van der Waals surface area contributed by atoms with E-state index in [1.807, 2.05) is 0 Å². The highest BCUT2D eigenvalue weighted by atomic mass is 16.6. The summed E-state index contributed by atoms with van der Waals surface area (Å²) >= 11 is 0. The molecular formula is C54H52O18. The Hall–Kier alpha value is -8.80. The zero-order valence-electron chi connectivity index (χ0n) is 39.6. The summed E-state index contributed by atoms with van der Waals surface area (Å²) in [5.74, 6) is -7.22. The molecule has 0 heterocycles. The van der Waals surface area contributed by atoms with Crippen molar-refractivity contribution < 1.29 is 85.7 Å². The third-order valence-electron chi connectivity index (χ3n) is 10.3. The standard InChI is InChI=1S/C54H52O18/c1-7-25-63-39-17-13-37(14-18-39)51(59)71-45-23-21-41(31-43(45)53(61)67-29-27-65-47(55)33(3)4)69-49(57)35-9-11-36(12-10-35)50(58)70-42-22-24-46(44(32-42)54(62)68-30-28-66-48(56)34(5)6)72-52(60)38-15-19-40(20-16-38)64-26-8-2/h7-8,13-24,31-32,35-36H,1-3,5,9-12,25-30H2,4,6H3. The lowest BCUT2D eigenvalue weighted by molar-refractivity contribution is -0.145. The van der Waals surface area contributed by atoms with Crippen molar-refractivity contribution in [2.24, 2.45) is 11.8 Å². The lowest BCUT2D eigenvalue weighted by Crippen LogP contribution is -2.30. The van der Waals surface area contributed by atoms with Crippen molar-refractivity contribution in [3.63, 3.8) is 0 Å². The Kier molecular flexibility index (Phi) is 20.2. The van der Waals surface area contributed by atoms with Crippen LogP contribution in [0.5, 0.6) is 34.5 Å². The lowest BCUT2D eigenvalue weighted by Gasteiger charge is -2.26. The molecule has 376 valence electrons.